The fraction of sp³-hybridized carbons (Fsp3) is 1.00. The largest absolute Gasteiger partial charge is 0.396 e. The van der Waals surface area contributed by atoms with Crippen molar-refractivity contribution in [3.8, 4) is 0 Å². The number of hydrogen-bond donors (Lipinski definition) is 2. The molecule has 0 unspecified atom stereocenters. The minimum absolute atomic E-state index is 0.234. The Kier molecular flexibility index (Phi) is 3.12. The van der Waals surface area contributed by atoms with Crippen molar-refractivity contribution in [2.24, 2.45) is 5.92 Å². The molecule has 60 valence electrons. The maximum absolute atomic E-state index is 8.76. The van der Waals surface area contributed by atoms with E-state index < -0.39 is 0 Å². The fourth-order valence-electron chi connectivity index (χ4n) is 1.41. The van der Waals surface area contributed by atoms with Gasteiger partial charge in [-0.15, -0.1) is 0 Å². The Morgan fingerprint density at radius 3 is 2.70 bits per heavy atom. The van der Waals surface area contributed by atoms with Crippen LogP contribution in [0.1, 0.15) is 6.42 Å². The average Bonchev–Trinajstić information content (AvgIpc) is 2.37. The molecule has 0 aromatic rings. The molecule has 0 saturated carbocycles. The lowest BCUT2D eigenvalue weighted by Gasteiger charge is -2.12. The van der Waals surface area contributed by atoms with Crippen molar-refractivity contribution in [1.29, 1.82) is 0 Å². The average molecular weight is 145 g/mol. The zero-order valence-corrected chi connectivity index (χ0v) is 6.16. The van der Waals surface area contributed by atoms with Crippen molar-refractivity contribution >= 4 is 0 Å². The molecule has 0 amide bonds. The highest BCUT2D eigenvalue weighted by molar-refractivity contribution is 4.74. The van der Waals surface area contributed by atoms with Crippen LogP contribution >= 0.6 is 0 Å². The Bertz CT molecular complexity index is 97.6. The van der Waals surface area contributed by atoms with E-state index in [0.717, 1.165) is 26.1 Å². The van der Waals surface area contributed by atoms with Crippen LogP contribution in [0.25, 0.3) is 0 Å². The molecule has 0 aliphatic carbocycles. The molecule has 1 aliphatic rings. The Morgan fingerprint density at radius 1 is 1.40 bits per heavy atom. The third-order valence-corrected chi connectivity index (χ3v) is 2.04. The lowest BCUT2D eigenvalue weighted by atomic mass is 10.1. The first kappa shape index (κ1) is 7.98. The summed E-state index contributed by atoms with van der Waals surface area (Å²) in [4.78, 5) is 2.18. The van der Waals surface area contributed by atoms with E-state index in [1.54, 1.807) is 0 Å². The molecule has 1 fully saturated rings. The Balaban J connectivity index is 2.15. The number of likely N-dealkylation sites (tertiary alicyclic amines) is 1. The molecule has 1 rings (SSSR count). The minimum Gasteiger partial charge on any atom is -0.396 e. The first-order valence-corrected chi connectivity index (χ1v) is 3.81. The molecule has 1 heterocycles. The summed E-state index contributed by atoms with van der Waals surface area (Å²) < 4.78 is 0. The van der Waals surface area contributed by atoms with Crippen LogP contribution < -0.4 is 0 Å². The molecular weight excluding hydrogens is 130 g/mol. The van der Waals surface area contributed by atoms with E-state index in [0.29, 0.717) is 12.5 Å². The number of aliphatic hydroxyl groups is 2. The van der Waals surface area contributed by atoms with E-state index in [1.165, 1.54) is 0 Å². The summed E-state index contributed by atoms with van der Waals surface area (Å²) in [5.41, 5.74) is 0. The van der Waals surface area contributed by atoms with Gasteiger partial charge in [-0.3, -0.25) is 0 Å². The highest BCUT2D eigenvalue weighted by Gasteiger charge is 2.20. The molecule has 0 bridgehead atoms. The molecule has 1 saturated heterocycles. The van der Waals surface area contributed by atoms with Gasteiger partial charge in [0.2, 0.25) is 0 Å². The summed E-state index contributed by atoms with van der Waals surface area (Å²) in [6.07, 6.45) is 1.08. The zero-order chi connectivity index (χ0) is 7.40. The third kappa shape index (κ3) is 1.94. The minimum atomic E-state index is 0.234. The summed E-state index contributed by atoms with van der Waals surface area (Å²) in [5.74, 6) is 0.451. The summed E-state index contributed by atoms with van der Waals surface area (Å²) >= 11 is 0. The Labute approximate surface area is 61.3 Å². The number of aliphatic hydroxyl groups excluding tert-OH is 2. The van der Waals surface area contributed by atoms with Crippen LogP contribution in [-0.4, -0.2) is 48.0 Å². The van der Waals surface area contributed by atoms with Crippen LogP contribution in [0.2, 0.25) is 0 Å². The molecule has 10 heavy (non-hydrogen) atoms. The number of nitrogens with zero attached hydrogens (tertiary/aromatic N) is 1. The van der Waals surface area contributed by atoms with Gasteiger partial charge in [0, 0.05) is 19.7 Å². The van der Waals surface area contributed by atoms with Gasteiger partial charge in [0.15, 0.2) is 0 Å². The lowest BCUT2D eigenvalue weighted by molar-refractivity contribution is 0.197. The number of hydrogen-bond acceptors (Lipinski definition) is 3. The van der Waals surface area contributed by atoms with Crippen LogP contribution in [0.3, 0.4) is 0 Å². The van der Waals surface area contributed by atoms with Crippen molar-refractivity contribution in [1.82, 2.24) is 4.90 Å². The van der Waals surface area contributed by atoms with Crippen molar-refractivity contribution in [3.63, 3.8) is 0 Å². The molecular formula is C7H15NO2. The summed E-state index contributed by atoms with van der Waals surface area (Å²) in [6, 6.07) is 0. The van der Waals surface area contributed by atoms with Gasteiger partial charge < -0.3 is 15.1 Å². The van der Waals surface area contributed by atoms with Gasteiger partial charge in [0.1, 0.15) is 0 Å². The SMILES string of the molecule is OCCN1CC[C@@H](CO)C1. The molecule has 0 radical (unpaired) electrons. The van der Waals surface area contributed by atoms with Gasteiger partial charge in [0.25, 0.3) is 0 Å². The maximum Gasteiger partial charge on any atom is 0.0558 e. The van der Waals surface area contributed by atoms with E-state index >= 15 is 0 Å². The van der Waals surface area contributed by atoms with Gasteiger partial charge in [0.05, 0.1) is 6.61 Å². The van der Waals surface area contributed by atoms with E-state index in [4.69, 9.17) is 10.2 Å². The monoisotopic (exact) mass is 145 g/mol. The van der Waals surface area contributed by atoms with Crippen LogP contribution in [0.5, 0.6) is 0 Å². The van der Waals surface area contributed by atoms with E-state index in [1.807, 2.05) is 0 Å². The van der Waals surface area contributed by atoms with Crippen LogP contribution in [0.15, 0.2) is 0 Å². The van der Waals surface area contributed by atoms with E-state index in [-0.39, 0.29) is 6.61 Å². The highest BCUT2D eigenvalue weighted by Crippen LogP contribution is 2.13. The molecule has 0 spiro atoms. The molecule has 1 atom stereocenters. The molecule has 3 heteroatoms. The molecule has 0 aromatic heterocycles. The quantitative estimate of drug-likeness (QED) is 0.551. The number of rotatable bonds is 3. The van der Waals surface area contributed by atoms with Gasteiger partial charge in [-0.05, 0) is 18.9 Å². The summed E-state index contributed by atoms with van der Waals surface area (Å²) in [7, 11) is 0. The highest BCUT2D eigenvalue weighted by atomic mass is 16.3. The summed E-state index contributed by atoms with van der Waals surface area (Å²) in [6.45, 7) is 3.28. The molecule has 1 aliphatic heterocycles. The second kappa shape index (κ2) is 3.91. The first-order chi connectivity index (χ1) is 4.86. The van der Waals surface area contributed by atoms with Crippen LogP contribution in [-0.2, 0) is 0 Å². The van der Waals surface area contributed by atoms with E-state index in [2.05, 4.69) is 4.90 Å². The van der Waals surface area contributed by atoms with Gasteiger partial charge >= 0.3 is 0 Å². The smallest absolute Gasteiger partial charge is 0.0558 e. The Hall–Kier alpha value is -0.120. The van der Waals surface area contributed by atoms with Gasteiger partial charge in [-0.1, -0.05) is 0 Å². The fourth-order valence-corrected chi connectivity index (χ4v) is 1.41. The van der Waals surface area contributed by atoms with Gasteiger partial charge in [-0.25, -0.2) is 0 Å². The van der Waals surface area contributed by atoms with Crippen molar-refractivity contribution in [3.05, 3.63) is 0 Å². The second-order valence-corrected chi connectivity index (χ2v) is 2.86. The number of β-amino-alcohol motifs (C(OH)–C–C–N with tert-alkyl or cyclic N) is 1. The normalized spacial score (nSPS) is 27.6. The van der Waals surface area contributed by atoms with Crippen molar-refractivity contribution in [2.45, 2.75) is 6.42 Å². The van der Waals surface area contributed by atoms with Crippen molar-refractivity contribution in [2.75, 3.05) is 32.8 Å². The summed E-state index contributed by atoms with van der Waals surface area (Å²) in [5, 5.41) is 17.3. The predicted octanol–water partition coefficient (Wildman–Crippen LogP) is -0.707. The molecule has 0 aromatic carbocycles. The van der Waals surface area contributed by atoms with E-state index in [9.17, 15) is 0 Å². The lowest BCUT2D eigenvalue weighted by Crippen LogP contribution is -2.24. The zero-order valence-electron chi connectivity index (χ0n) is 6.16. The molecule has 2 N–H and O–H groups in total. The van der Waals surface area contributed by atoms with Crippen LogP contribution in [0, 0.1) is 5.92 Å². The van der Waals surface area contributed by atoms with Crippen molar-refractivity contribution < 1.29 is 10.2 Å². The molecule has 3 nitrogen and oxygen atoms in total. The third-order valence-electron chi connectivity index (χ3n) is 2.04. The topological polar surface area (TPSA) is 43.7 Å². The second-order valence-electron chi connectivity index (χ2n) is 2.86. The maximum atomic E-state index is 8.76. The first-order valence-electron chi connectivity index (χ1n) is 3.81. The Morgan fingerprint density at radius 2 is 2.20 bits per heavy atom. The van der Waals surface area contributed by atoms with Gasteiger partial charge in [-0.2, -0.15) is 0 Å². The van der Waals surface area contributed by atoms with Crippen LogP contribution in [0.4, 0.5) is 0 Å². The standard InChI is InChI=1S/C7H15NO2/c9-4-3-8-2-1-7(5-8)6-10/h7,9-10H,1-6H2/t7-/m1/s1. The predicted molar refractivity (Wildman–Crippen MR) is 38.7 cm³/mol.